The van der Waals surface area contributed by atoms with Gasteiger partial charge in [0.2, 0.25) is 0 Å². The van der Waals surface area contributed by atoms with E-state index in [1.165, 1.54) is 11.8 Å². The largest absolute Gasteiger partial charge is 0.465 e. The molecule has 3 rings (SSSR count). The summed E-state index contributed by atoms with van der Waals surface area (Å²) < 4.78 is 7.93. The highest BCUT2D eigenvalue weighted by Crippen LogP contribution is 2.13. The zero-order chi connectivity index (χ0) is 14.8. The number of hydrogen-bond donors (Lipinski definition) is 0. The molecule has 21 heavy (non-hydrogen) atoms. The van der Waals surface area contributed by atoms with Gasteiger partial charge in [-0.25, -0.2) is 14.3 Å². The first-order valence-corrected chi connectivity index (χ1v) is 7.03. The summed E-state index contributed by atoms with van der Waals surface area (Å²) in [6, 6.07) is 7.12. The van der Waals surface area contributed by atoms with Gasteiger partial charge in [0.1, 0.15) is 5.82 Å². The van der Waals surface area contributed by atoms with Crippen molar-refractivity contribution in [3.8, 4) is 0 Å². The van der Waals surface area contributed by atoms with Gasteiger partial charge in [-0.3, -0.25) is 4.57 Å². The molecule has 6 heteroatoms. The molecule has 1 aromatic heterocycles. The second kappa shape index (κ2) is 5.55. The lowest BCUT2D eigenvalue weighted by Gasteiger charge is -2.09. The van der Waals surface area contributed by atoms with Crippen molar-refractivity contribution in [1.82, 2.24) is 14.3 Å². The van der Waals surface area contributed by atoms with Crippen LogP contribution >= 0.6 is 0 Å². The molecular weight excluding hydrogens is 270 g/mol. The second-order valence-corrected chi connectivity index (χ2v) is 5.11. The van der Waals surface area contributed by atoms with Crippen LogP contribution in [0, 0.1) is 0 Å². The first kappa shape index (κ1) is 13.6. The average molecular weight is 287 g/mol. The van der Waals surface area contributed by atoms with Gasteiger partial charge in [-0.15, -0.1) is 0 Å². The van der Waals surface area contributed by atoms with E-state index in [1.54, 1.807) is 16.7 Å². The van der Waals surface area contributed by atoms with E-state index in [2.05, 4.69) is 5.10 Å². The predicted octanol–water partition coefficient (Wildman–Crippen LogP) is 1.22. The van der Waals surface area contributed by atoms with Crippen LogP contribution in [0.2, 0.25) is 0 Å². The molecule has 1 aliphatic heterocycles. The molecule has 0 saturated heterocycles. The molecule has 2 heterocycles. The van der Waals surface area contributed by atoms with E-state index in [9.17, 15) is 9.59 Å². The summed E-state index contributed by atoms with van der Waals surface area (Å²) >= 11 is 0. The minimum Gasteiger partial charge on any atom is -0.465 e. The summed E-state index contributed by atoms with van der Waals surface area (Å²) in [5.74, 6) is 0.435. The van der Waals surface area contributed by atoms with E-state index in [-0.39, 0.29) is 12.2 Å². The van der Waals surface area contributed by atoms with E-state index in [0.717, 1.165) is 37.2 Å². The number of carbonyl (C=O) groups excluding carboxylic acids is 1. The number of nitrogens with zero attached hydrogens (tertiary/aromatic N) is 3. The van der Waals surface area contributed by atoms with Gasteiger partial charge in [0, 0.05) is 13.0 Å². The Balaban J connectivity index is 1.96. The number of esters is 1. The molecule has 2 aromatic rings. The number of rotatable bonds is 3. The van der Waals surface area contributed by atoms with Crippen LogP contribution in [0.4, 0.5) is 0 Å². The summed E-state index contributed by atoms with van der Waals surface area (Å²) in [6.45, 7) is 1.01. The van der Waals surface area contributed by atoms with Gasteiger partial charge in [0.25, 0.3) is 0 Å². The zero-order valence-electron chi connectivity index (χ0n) is 11.9. The van der Waals surface area contributed by atoms with Crippen molar-refractivity contribution < 1.29 is 9.53 Å². The van der Waals surface area contributed by atoms with Crippen molar-refractivity contribution in [2.24, 2.45) is 0 Å². The van der Waals surface area contributed by atoms with Crippen molar-refractivity contribution in [3.63, 3.8) is 0 Å². The van der Waals surface area contributed by atoms with Crippen LogP contribution in [-0.2, 0) is 24.2 Å². The van der Waals surface area contributed by atoms with Gasteiger partial charge in [0.15, 0.2) is 0 Å². The van der Waals surface area contributed by atoms with Crippen molar-refractivity contribution in [1.29, 1.82) is 0 Å². The average Bonchev–Trinajstić information content (AvgIpc) is 2.84. The molecule has 6 nitrogen and oxygen atoms in total. The van der Waals surface area contributed by atoms with Gasteiger partial charge >= 0.3 is 11.7 Å². The Kier molecular flexibility index (Phi) is 3.60. The van der Waals surface area contributed by atoms with E-state index >= 15 is 0 Å². The Labute approximate surface area is 122 Å². The molecule has 0 aliphatic carbocycles. The van der Waals surface area contributed by atoms with Crippen LogP contribution in [0.3, 0.4) is 0 Å². The highest BCUT2D eigenvalue weighted by atomic mass is 16.5. The SMILES string of the molecule is COC(=O)c1ccccc1Cn1nc2n(c1=O)CCCC2. The number of carbonyl (C=O) groups is 1. The predicted molar refractivity (Wildman–Crippen MR) is 76.3 cm³/mol. The minimum absolute atomic E-state index is 0.107. The minimum atomic E-state index is -0.400. The third-order valence-electron chi connectivity index (χ3n) is 3.77. The number of aromatic nitrogens is 3. The summed E-state index contributed by atoms with van der Waals surface area (Å²) in [5.41, 5.74) is 1.10. The lowest BCUT2D eigenvalue weighted by atomic mass is 10.1. The molecule has 0 fully saturated rings. The molecule has 0 saturated carbocycles. The molecule has 0 radical (unpaired) electrons. The Morgan fingerprint density at radius 1 is 1.33 bits per heavy atom. The molecule has 0 bridgehead atoms. The Hall–Kier alpha value is -2.37. The standard InChI is InChI=1S/C15H17N3O3/c1-21-14(19)12-7-3-2-6-11(12)10-18-15(20)17-9-5-4-8-13(17)16-18/h2-3,6-7H,4-5,8-10H2,1H3. The van der Waals surface area contributed by atoms with E-state index in [0.29, 0.717) is 5.56 Å². The molecule has 0 spiro atoms. The first-order chi connectivity index (χ1) is 10.2. The summed E-state index contributed by atoms with van der Waals surface area (Å²) in [5, 5.41) is 4.39. The van der Waals surface area contributed by atoms with Crippen LogP contribution in [0.5, 0.6) is 0 Å². The molecule has 1 aromatic carbocycles. The number of benzene rings is 1. The maximum atomic E-state index is 12.3. The molecule has 0 unspecified atom stereocenters. The van der Waals surface area contributed by atoms with E-state index < -0.39 is 5.97 Å². The van der Waals surface area contributed by atoms with Crippen LogP contribution in [0.15, 0.2) is 29.1 Å². The number of methoxy groups -OCH3 is 1. The van der Waals surface area contributed by atoms with Crippen LogP contribution in [0.1, 0.15) is 34.6 Å². The maximum Gasteiger partial charge on any atom is 0.346 e. The molecule has 0 N–H and O–H groups in total. The van der Waals surface area contributed by atoms with E-state index in [4.69, 9.17) is 4.74 Å². The summed E-state index contributed by atoms with van der Waals surface area (Å²) in [7, 11) is 1.35. The van der Waals surface area contributed by atoms with Crippen molar-refractivity contribution >= 4 is 5.97 Å². The smallest absolute Gasteiger partial charge is 0.346 e. The lowest BCUT2D eigenvalue weighted by Crippen LogP contribution is -2.27. The first-order valence-electron chi connectivity index (χ1n) is 7.03. The Morgan fingerprint density at radius 2 is 2.14 bits per heavy atom. The quantitative estimate of drug-likeness (QED) is 0.796. The highest BCUT2D eigenvalue weighted by molar-refractivity contribution is 5.90. The number of ether oxygens (including phenoxy) is 1. The van der Waals surface area contributed by atoms with Crippen molar-refractivity contribution in [3.05, 3.63) is 51.7 Å². The van der Waals surface area contributed by atoms with Gasteiger partial charge in [0.05, 0.1) is 19.2 Å². The maximum absolute atomic E-state index is 12.3. The van der Waals surface area contributed by atoms with Crippen molar-refractivity contribution in [2.75, 3.05) is 7.11 Å². The molecular formula is C15H17N3O3. The number of aryl methyl sites for hydroxylation is 1. The van der Waals surface area contributed by atoms with Gasteiger partial charge in [-0.05, 0) is 24.5 Å². The molecule has 110 valence electrons. The third kappa shape index (κ3) is 2.49. The van der Waals surface area contributed by atoms with Gasteiger partial charge < -0.3 is 4.74 Å². The Morgan fingerprint density at radius 3 is 2.90 bits per heavy atom. The highest BCUT2D eigenvalue weighted by Gasteiger charge is 2.18. The molecule has 0 amide bonds. The third-order valence-corrected chi connectivity index (χ3v) is 3.77. The normalized spacial score (nSPS) is 13.8. The fraction of sp³-hybridized carbons (Fsp3) is 0.400. The van der Waals surface area contributed by atoms with Gasteiger partial charge in [-0.2, -0.15) is 5.10 Å². The number of fused-ring (bicyclic) bond motifs is 1. The van der Waals surface area contributed by atoms with Crippen LogP contribution in [-0.4, -0.2) is 27.4 Å². The lowest BCUT2D eigenvalue weighted by molar-refractivity contribution is 0.0599. The second-order valence-electron chi connectivity index (χ2n) is 5.11. The Bertz CT molecular complexity index is 730. The van der Waals surface area contributed by atoms with Crippen molar-refractivity contribution in [2.45, 2.75) is 32.4 Å². The van der Waals surface area contributed by atoms with Crippen LogP contribution in [0.25, 0.3) is 0 Å². The monoisotopic (exact) mass is 287 g/mol. The number of hydrogen-bond acceptors (Lipinski definition) is 4. The topological polar surface area (TPSA) is 66.1 Å². The summed E-state index contributed by atoms with van der Waals surface area (Å²) in [4.78, 5) is 24.1. The molecule has 0 atom stereocenters. The summed E-state index contributed by atoms with van der Waals surface area (Å²) in [6.07, 6.45) is 2.91. The van der Waals surface area contributed by atoms with Crippen LogP contribution < -0.4 is 5.69 Å². The zero-order valence-corrected chi connectivity index (χ0v) is 11.9. The fourth-order valence-electron chi connectivity index (χ4n) is 2.68. The molecule has 1 aliphatic rings. The van der Waals surface area contributed by atoms with E-state index in [1.807, 2.05) is 12.1 Å². The fourth-order valence-corrected chi connectivity index (χ4v) is 2.68. The van der Waals surface area contributed by atoms with Gasteiger partial charge in [-0.1, -0.05) is 18.2 Å².